The fourth-order valence-electron chi connectivity index (χ4n) is 1.62. The van der Waals surface area contributed by atoms with Crippen molar-refractivity contribution >= 4 is 33.2 Å². The van der Waals surface area contributed by atoms with Gasteiger partial charge in [-0.15, -0.1) is 11.3 Å². The van der Waals surface area contributed by atoms with Gasteiger partial charge in [0.05, 0.1) is 0 Å². The molecule has 0 amide bonds. The summed E-state index contributed by atoms with van der Waals surface area (Å²) in [5, 5.41) is 4.37. The van der Waals surface area contributed by atoms with Crippen LogP contribution in [-0.2, 0) is 12.3 Å². The molecule has 86 valence electrons. The molecule has 0 radical (unpaired) electrons. The smallest absolute Gasteiger partial charge is 0.0349 e. The summed E-state index contributed by atoms with van der Waals surface area (Å²) in [5.41, 5.74) is 8.33. The van der Waals surface area contributed by atoms with Crippen molar-refractivity contribution in [3.8, 4) is 0 Å². The topological polar surface area (TPSA) is 26.0 Å². The molecule has 16 heavy (non-hydrogen) atoms. The van der Waals surface area contributed by atoms with Crippen LogP contribution in [0.25, 0.3) is 10.1 Å². The number of thioether (sulfide) groups is 1. The average Bonchev–Trinajstić information content (AvgIpc) is 2.68. The highest BCUT2D eigenvalue weighted by molar-refractivity contribution is 7.99. The van der Waals surface area contributed by atoms with Crippen molar-refractivity contribution in [2.45, 2.75) is 31.4 Å². The Kier molecular flexibility index (Phi) is 3.90. The van der Waals surface area contributed by atoms with Gasteiger partial charge in [0.2, 0.25) is 0 Å². The second kappa shape index (κ2) is 5.21. The molecule has 0 unspecified atom stereocenters. The van der Waals surface area contributed by atoms with Crippen molar-refractivity contribution in [3.05, 3.63) is 34.7 Å². The number of rotatable bonds is 4. The molecular weight excluding hydrogens is 234 g/mol. The van der Waals surface area contributed by atoms with Crippen LogP contribution in [0.3, 0.4) is 0 Å². The first-order valence-electron chi connectivity index (χ1n) is 5.51. The minimum Gasteiger partial charge on any atom is -0.326 e. The molecule has 2 aromatic rings. The van der Waals surface area contributed by atoms with E-state index in [1.165, 1.54) is 21.2 Å². The Hall–Kier alpha value is -0.510. The first-order valence-corrected chi connectivity index (χ1v) is 7.44. The van der Waals surface area contributed by atoms with E-state index in [1.54, 1.807) is 0 Å². The molecule has 0 spiro atoms. The van der Waals surface area contributed by atoms with Crippen LogP contribution in [0.15, 0.2) is 23.6 Å². The van der Waals surface area contributed by atoms with Crippen molar-refractivity contribution in [2.24, 2.45) is 5.73 Å². The molecule has 0 bridgehead atoms. The van der Waals surface area contributed by atoms with Crippen LogP contribution in [-0.4, -0.2) is 5.25 Å². The number of hydrogen-bond acceptors (Lipinski definition) is 3. The van der Waals surface area contributed by atoms with Gasteiger partial charge in [0.25, 0.3) is 0 Å². The van der Waals surface area contributed by atoms with E-state index in [9.17, 15) is 0 Å². The van der Waals surface area contributed by atoms with E-state index in [0.29, 0.717) is 11.8 Å². The summed E-state index contributed by atoms with van der Waals surface area (Å²) in [7, 11) is 0. The fourth-order valence-corrected chi connectivity index (χ4v) is 3.51. The monoisotopic (exact) mass is 251 g/mol. The second-order valence-electron chi connectivity index (χ2n) is 4.16. The Morgan fingerprint density at radius 1 is 1.38 bits per heavy atom. The molecule has 0 saturated carbocycles. The summed E-state index contributed by atoms with van der Waals surface area (Å²) >= 11 is 3.82. The maximum atomic E-state index is 5.65. The molecule has 1 nitrogen and oxygen atoms in total. The van der Waals surface area contributed by atoms with Crippen LogP contribution in [0.1, 0.15) is 25.0 Å². The van der Waals surface area contributed by atoms with Gasteiger partial charge in [-0.3, -0.25) is 0 Å². The maximum absolute atomic E-state index is 5.65. The van der Waals surface area contributed by atoms with E-state index in [0.717, 1.165) is 5.75 Å². The van der Waals surface area contributed by atoms with Crippen molar-refractivity contribution in [3.63, 3.8) is 0 Å². The van der Waals surface area contributed by atoms with Crippen LogP contribution in [0.2, 0.25) is 0 Å². The molecule has 0 saturated heterocycles. The third kappa shape index (κ3) is 2.59. The Bertz CT molecular complexity index is 474. The van der Waals surface area contributed by atoms with E-state index in [-0.39, 0.29) is 0 Å². The first-order chi connectivity index (χ1) is 7.70. The van der Waals surface area contributed by atoms with Crippen LogP contribution < -0.4 is 5.73 Å². The average molecular weight is 251 g/mol. The molecule has 2 rings (SSSR count). The number of thiophene rings is 1. The minimum atomic E-state index is 0.629. The molecule has 1 aromatic heterocycles. The van der Waals surface area contributed by atoms with Gasteiger partial charge in [0, 0.05) is 17.0 Å². The lowest BCUT2D eigenvalue weighted by Crippen LogP contribution is -1.95. The molecule has 2 N–H and O–H groups in total. The molecule has 3 heteroatoms. The number of hydrogen-bond donors (Lipinski definition) is 1. The molecule has 0 fully saturated rings. The number of benzene rings is 1. The minimum absolute atomic E-state index is 0.629. The lowest BCUT2D eigenvalue weighted by atomic mass is 10.1. The zero-order chi connectivity index (χ0) is 11.5. The van der Waals surface area contributed by atoms with E-state index < -0.39 is 0 Å². The highest BCUT2D eigenvalue weighted by Crippen LogP contribution is 2.30. The highest BCUT2D eigenvalue weighted by Gasteiger charge is 2.05. The van der Waals surface area contributed by atoms with Gasteiger partial charge >= 0.3 is 0 Å². The summed E-state index contributed by atoms with van der Waals surface area (Å²) in [6.07, 6.45) is 0. The number of fused-ring (bicyclic) bond motifs is 1. The summed E-state index contributed by atoms with van der Waals surface area (Å²) in [5.74, 6) is 1.11. The second-order valence-corrected chi connectivity index (χ2v) is 6.63. The van der Waals surface area contributed by atoms with E-state index in [2.05, 4.69) is 37.4 Å². The zero-order valence-electron chi connectivity index (χ0n) is 9.69. The largest absolute Gasteiger partial charge is 0.326 e. The van der Waals surface area contributed by atoms with Gasteiger partial charge < -0.3 is 5.73 Å². The van der Waals surface area contributed by atoms with Gasteiger partial charge in [0.1, 0.15) is 0 Å². The summed E-state index contributed by atoms with van der Waals surface area (Å²) in [6.45, 7) is 5.11. The summed E-state index contributed by atoms with van der Waals surface area (Å²) in [6, 6.07) is 6.56. The fraction of sp³-hybridized carbons (Fsp3) is 0.385. The number of nitrogens with two attached hydrogens (primary N) is 1. The predicted octanol–water partition coefficient (Wildman–Crippen LogP) is 4.00. The van der Waals surface area contributed by atoms with E-state index in [4.69, 9.17) is 5.73 Å². The lowest BCUT2D eigenvalue weighted by molar-refractivity contribution is 1.08. The molecule has 0 aliphatic carbocycles. The Balaban J connectivity index is 2.27. The zero-order valence-corrected chi connectivity index (χ0v) is 11.3. The normalized spacial score (nSPS) is 11.5. The maximum Gasteiger partial charge on any atom is 0.0349 e. The third-order valence-electron chi connectivity index (χ3n) is 2.53. The van der Waals surface area contributed by atoms with Gasteiger partial charge in [-0.05, 0) is 33.2 Å². The SMILES string of the molecule is CC(C)SCc1csc2cc(CN)ccc12. The molecule has 1 aromatic carbocycles. The first kappa shape index (κ1) is 12.0. The van der Waals surface area contributed by atoms with Gasteiger partial charge in [-0.1, -0.05) is 26.0 Å². The van der Waals surface area contributed by atoms with Crippen LogP contribution >= 0.6 is 23.1 Å². The molecule has 0 aliphatic rings. The van der Waals surface area contributed by atoms with Crippen LogP contribution in [0, 0.1) is 0 Å². The lowest BCUT2D eigenvalue weighted by Gasteiger charge is -2.04. The standard InChI is InChI=1S/C13H17NS2/c1-9(2)15-7-11-8-16-13-5-10(6-14)3-4-12(11)13/h3-5,8-9H,6-7,14H2,1-2H3. The summed E-state index contributed by atoms with van der Waals surface area (Å²) < 4.78 is 1.36. The highest BCUT2D eigenvalue weighted by atomic mass is 32.2. The van der Waals surface area contributed by atoms with E-state index >= 15 is 0 Å². The Labute approximate surface area is 105 Å². The van der Waals surface area contributed by atoms with Gasteiger partial charge in [0.15, 0.2) is 0 Å². The quantitative estimate of drug-likeness (QED) is 0.888. The molecule has 0 aliphatic heterocycles. The third-order valence-corrected chi connectivity index (χ3v) is 4.67. The van der Waals surface area contributed by atoms with E-state index in [1.807, 2.05) is 23.1 Å². The van der Waals surface area contributed by atoms with Crippen molar-refractivity contribution in [2.75, 3.05) is 0 Å². The van der Waals surface area contributed by atoms with Gasteiger partial charge in [-0.25, -0.2) is 0 Å². The molecule has 1 heterocycles. The van der Waals surface area contributed by atoms with Crippen LogP contribution in [0.5, 0.6) is 0 Å². The Morgan fingerprint density at radius 2 is 2.19 bits per heavy atom. The predicted molar refractivity (Wildman–Crippen MR) is 76.1 cm³/mol. The molecular formula is C13H17NS2. The Morgan fingerprint density at radius 3 is 2.88 bits per heavy atom. The van der Waals surface area contributed by atoms with Gasteiger partial charge in [-0.2, -0.15) is 11.8 Å². The molecule has 0 atom stereocenters. The van der Waals surface area contributed by atoms with Crippen molar-refractivity contribution in [1.29, 1.82) is 0 Å². The van der Waals surface area contributed by atoms with Crippen molar-refractivity contribution in [1.82, 2.24) is 0 Å². The van der Waals surface area contributed by atoms with Crippen molar-refractivity contribution < 1.29 is 0 Å². The van der Waals surface area contributed by atoms with Crippen LogP contribution in [0.4, 0.5) is 0 Å². The summed E-state index contributed by atoms with van der Waals surface area (Å²) in [4.78, 5) is 0.